The molecule has 7 heteroatoms. The number of hydroxylamine groups is 2. The van der Waals surface area contributed by atoms with E-state index < -0.39 is 35.2 Å². The summed E-state index contributed by atoms with van der Waals surface area (Å²) in [5, 5.41) is 35.2. The van der Waals surface area contributed by atoms with Gasteiger partial charge in [0.15, 0.2) is 11.4 Å². The second kappa shape index (κ2) is 8.48. The van der Waals surface area contributed by atoms with Crippen molar-refractivity contribution >= 4 is 17.4 Å². The standard InChI is InChI=1S/C31H40ClNO5/c1-27-12-11-23(35)13-20(27)7-10-24-28(2)14-21-17-33(16-19-5-8-22(32)9-6-19)38-31(21,26(37)18-34)29(28,3)15-25(36)30(24,27)4/h5-6,8-9,11-13,21,23-25,34-36H,7,10,14-18H2,1-4H3. The number of hydrogen-bond donors (Lipinski definition) is 3. The Hall–Kier alpha value is -1.54. The molecule has 4 aliphatic carbocycles. The summed E-state index contributed by atoms with van der Waals surface area (Å²) in [6, 6.07) is 7.63. The molecule has 1 heterocycles. The number of benzene rings is 1. The fourth-order valence-electron chi connectivity index (χ4n) is 9.94. The average molecular weight is 542 g/mol. The van der Waals surface area contributed by atoms with Crippen LogP contribution in [0.25, 0.3) is 0 Å². The molecule has 3 saturated carbocycles. The van der Waals surface area contributed by atoms with Crippen molar-refractivity contribution < 1.29 is 25.0 Å². The van der Waals surface area contributed by atoms with Gasteiger partial charge < -0.3 is 15.3 Å². The van der Waals surface area contributed by atoms with Gasteiger partial charge in [0.25, 0.3) is 0 Å². The molecule has 6 rings (SSSR count). The first-order valence-electron chi connectivity index (χ1n) is 13.9. The van der Waals surface area contributed by atoms with Gasteiger partial charge in [-0.05, 0) is 54.7 Å². The Morgan fingerprint density at radius 2 is 1.84 bits per heavy atom. The first-order valence-corrected chi connectivity index (χ1v) is 14.3. The van der Waals surface area contributed by atoms with Gasteiger partial charge >= 0.3 is 0 Å². The summed E-state index contributed by atoms with van der Waals surface area (Å²) in [5.41, 5.74) is -0.766. The lowest BCUT2D eigenvalue weighted by atomic mass is 9.36. The molecule has 38 heavy (non-hydrogen) atoms. The molecule has 0 spiro atoms. The fraction of sp³-hybridized carbons (Fsp3) is 0.645. The van der Waals surface area contributed by atoms with Crippen LogP contribution in [0.4, 0.5) is 0 Å². The number of halogens is 1. The van der Waals surface area contributed by atoms with Crippen LogP contribution >= 0.6 is 11.6 Å². The highest BCUT2D eigenvalue weighted by Gasteiger charge is 2.81. The van der Waals surface area contributed by atoms with E-state index in [2.05, 4.69) is 33.8 Å². The molecule has 0 radical (unpaired) electrons. The van der Waals surface area contributed by atoms with E-state index in [0.29, 0.717) is 24.5 Å². The van der Waals surface area contributed by atoms with Crippen LogP contribution in [0, 0.1) is 33.5 Å². The third kappa shape index (κ3) is 3.11. The summed E-state index contributed by atoms with van der Waals surface area (Å²) in [6.07, 6.45) is 7.58. The number of Topliss-reactive ketones (excluding diaryl/α,β-unsaturated/α-hetero) is 1. The van der Waals surface area contributed by atoms with E-state index in [1.807, 2.05) is 41.5 Å². The molecule has 1 saturated heterocycles. The van der Waals surface area contributed by atoms with Crippen molar-refractivity contribution in [1.82, 2.24) is 5.06 Å². The van der Waals surface area contributed by atoms with Crippen molar-refractivity contribution in [1.29, 1.82) is 0 Å². The molecule has 1 aromatic carbocycles. The molecular weight excluding hydrogens is 502 g/mol. The van der Waals surface area contributed by atoms with E-state index in [1.165, 1.54) is 5.57 Å². The number of nitrogens with zero attached hydrogens (tertiary/aromatic N) is 1. The van der Waals surface area contributed by atoms with Gasteiger partial charge in [-0.3, -0.25) is 9.63 Å². The lowest BCUT2D eigenvalue weighted by Crippen LogP contribution is -2.70. The number of carbonyl (C=O) groups excluding carboxylic acids is 1. The van der Waals surface area contributed by atoms with Crippen molar-refractivity contribution in [2.24, 2.45) is 33.5 Å². The third-order valence-electron chi connectivity index (χ3n) is 12.1. The van der Waals surface area contributed by atoms with Gasteiger partial charge in [0.1, 0.15) is 6.61 Å². The summed E-state index contributed by atoms with van der Waals surface area (Å²) in [5.74, 6) is -0.244. The topological polar surface area (TPSA) is 90.2 Å². The second-order valence-corrected chi connectivity index (χ2v) is 13.8. The van der Waals surface area contributed by atoms with Gasteiger partial charge in [-0.2, -0.15) is 5.06 Å². The molecule has 6 nitrogen and oxygen atoms in total. The number of fused-ring (bicyclic) bond motifs is 7. The zero-order valence-corrected chi connectivity index (χ0v) is 23.5. The molecule has 0 bridgehead atoms. The Morgan fingerprint density at radius 1 is 1.13 bits per heavy atom. The summed E-state index contributed by atoms with van der Waals surface area (Å²) in [4.78, 5) is 20.5. The lowest BCUT2D eigenvalue weighted by Gasteiger charge is -2.69. The smallest absolute Gasteiger partial charge is 0.192 e. The molecular formula is C31H40ClNO5. The first-order chi connectivity index (χ1) is 17.9. The number of carbonyl (C=O) groups is 1. The van der Waals surface area contributed by atoms with Gasteiger partial charge in [0, 0.05) is 40.3 Å². The van der Waals surface area contributed by atoms with E-state index >= 15 is 0 Å². The SMILES string of the molecule is CC12C=CC(O)C=C1CCC1C3(C)CC4CN(Cc5ccc(Cl)cc5)OC4(C(=O)CO)C3(C)CC(O)C12C. The largest absolute Gasteiger partial charge is 0.392 e. The minimum Gasteiger partial charge on any atom is -0.392 e. The molecule has 1 aliphatic heterocycles. The molecule has 9 unspecified atom stereocenters. The van der Waals surface area contributed by atoms with Gasteiger partial charge in [0.05, 0.1) is 12.2 Å². The van der Waals surface area contributed by atoms with E-state index in [0.717, 1.165) is 24.8 Å². The van der Waals surface area contributed by atoms with Crippen LogP contribution in [0.5, 0.6) is 0 Å². The quantitative estimate of drug-likeness (QED) is 0.487. The van der Waals surface area contributed by atoms with Gasteiger partial charge in [-0.25, -0.2) is 0 Å². The van der Waals surface area contributed by atoms with Crippen molar-refractivity contribution in [3.05, 3.63) is 58.7 Å². The lowest BCUT2D eigenvalue weighted by molar-refractivity contribution is -0.283. The van der Waals surface area contributed by atoms with Crippen LogP contribution in [-0.2, 0) is 16.2 Å². The molecule has 0 aromatic heterocycles. The van der Waals surface area contributed by atoms with Crippen LogP contribution < -0.4 is 0 Å². The van der Waals surface area contributed by atoms with E-state index in [9.17, 15) is 20.1 Å². The first kappa shape index (κ1) is 26.7. The van der Waals surface area contributed by atoms with Crippen LogP contribution in [0.15, 0.2) is 48.1 Å². The van der Waals surface area contributed by atoms with Crippen LogP contribution in [-0.4, -0.2) is 57.1 Å². The van der Waals surface area contributed by atoms with Crippen molar-refractivity contribution in [2.45, 2.75) is 77.7 Å². The van der Waals surface area contributed by atoms with Crippen molar-refractivity contribution in [3.8, 4) is 0 Å². The number of hydrogen-bond acceptors (Lipinski definition) is 6. The Morgan fingerprint density at radius 3 is 2.53 bits per heavy atom. The zero-order valence-electron chi connectivity index (χ0n) is 22.8. The number of rotatable bonds is 4. The van der Waals surface area contributed by atoms with Gasteiger partial charge in [0.2, 0.25) is 0 Å². The third-order valence-corrected chi connectivity index (χ3v) is 12.4. The maximum absolute atomic E-state index is 13.8. The number of aliphatic hydroxyl groups excluding tert-OH is 3. The highest BCUT2D eigenvalue weighted by Crippen LogP contribution is 2.78. The predicted molar refractivity (Wildman–Crippen MR) is 145 cm³/mol. The second-order valence-electron chi connectivity index (χ2n) is 13.3. The van der Waals surface area contributed by atoms with Crippen LogP contribution in [0.1, 0.15) is 58.9 Å². The summed E-state index contributed by atoms with van der Waals surface area (Å²) < 4.78 is 0. The Kier molecular flexibility index (Phi) is 5.95. The molecule has 0 amide bonds. The van der Waals surface area contributed by atoms with E-state index in [1.54, 1.807) is 0 Å². The van der Waals surface area contributed by atoms with Crippen molar-refractivity contribution in [3.63, 3.8) is 0 Å². The molecule has 5 aliphatic rings. The predicted octanol–water partition coefficient (Wildman–Crippen LogP) is 4.46. The maximum atomic E-state index is 13.8. The summed E-state index contributed by atoms with van der Waals surface area (Å²) >= 11 is 6.08. The van der Waals surface area contributed by atoms with Gasteiger partial charge in [-0.1, -0.05) is 75.2 Å². The molecule has 4 fully saturated rings. The Bertz CT molecular complexity index is 1220. The van der Waals surface area contributed by atoms with Crippen molar-refractivity contribution in [2.75, 3.05) is 13.2 Å². The van der Waals surface area contributed by atoms with Crippen LogP contribution in [0.2, 0.25) is 5.02 Å². The maximum Gasteiger partial charge on any atom is 0.192 e. The molecule has 9 atom stereocenters. The minimum absolute atomic E-state index is 0.0903. The summed E-state index contributed by atoms with van der Waals surface area (Å²) in [6.45, 7) is 9.38. The van der Waals surface area contributed by atoms with Gasteiger partial charge in [-0.15, -0.1) is 0 Å². The highest BCUT2D eigenvalue weighted by atomic mass is 35.5. The minimum atomic E-state index is -1.19. The Labute approximate surface area is 230 Å². The molecule has 206 valence electrons. The number of ketones is 1. The van der Waals surface area contributed by atoms with E-state index in [-0.39, 0.29) is 28.4 Å². The monoisotopic (exact) mass is 541 g/mol. The number of allylic oxidation sites excluding steroid dienone is 2. The number of aliphatic hydroxyl groups is 3. The van der Waals surface area contributed by atoms with E-state index in [4.69, 9.17) is 16.4 Å². The molecule has 3 N–H and O–H groups in total. The molecule has 1 aromatic rings. The van der Waals surface area contributed by atoms with Crippen LogP contribution in [0.3, 0.4) is 0 Å². The average Bonchev–Trinajstić information content (AvgIpc) is 3.31. The normalized spacial score (nSPS) is 47.6. The zero-order chi connectivity index (χ0) is 27.3. The highest BCUT2D eigenvalue weighted by molar-refractivity contribution is 6.30. The Balaban J connectivity index is 1.41. The fourth-order valence-corrected chi connectivity index (χ4v) is 10.1. The summed E-state index contributed by atoms with van der Waals surface area (Å²) in [7, 11) is 0.